The minimum absolute atomic E-state index is 0.0404. The van der Waals surface area contributed by atoms with Crippen molar-refractivity contribution in [1.82, 2.24) is 0 Å². The number of hydrogen-bond donors (Lipinski definition) is 0. The maximum absolute atomic E-state index is 11.2. The number of methoxy groups -OCH3 is 1. The van der Waals surface area contributed by atoms with E-state index in [1.165, 1.54) is 14.0 Å². The lowest BCUT2D eigenvalue weighted by Gasteiger charge is -2.08. The lowest BCUT2D eigenvalue weighted by Crippen LogP contribution is -1.99. The third kappa shape index (κ3) is 1.83. The van der Waals surface area contributed by atoms with Gasteiger partial charge in [0.1, 0.15) is 5.75 Å². The normalized spacial score (nSPS) is 9.85. The highest BCUT2D eigenvalue weighted by Crippen LogP contribution is 2.30. The summed E-state index contributed by atoms with van der Waals surface area (Å²) in [5.41, 5.74) is 1.42. The average Bonchev–Trinajstić information content (AvgIpc) is 2.04. The summed E-state index contributed by atoms with van der Waals surface area (Å²) in [6.07, 6.45) is 0. The highest BCUT2D eigenvalue weighted by atomic mass is 35.5. The van der Waals surface area contributed by atoms with E-state index in [2.05, 4.69) is 0 Å². The minimum atomic E-state index is -0.0404. The number of Topliss-reactive ketones (excluding diaryl/α,β-unsaturated/α-hetero) is 1. The molecule has 3 heteroatoms. The molecule has 0 saturated heterocycles. The third-order valence-electron chi connectivity index (χ3n) is 1.89. The van der Waals surface area contributed by atoms with Crippen molar-refractivity contribution in [3.63, 3.8) is 0 Å². The maximum atomic E-state index is 11.2. The number of ether oxygens (including phenoxy) is 1. The molecule has 0 amide bonds. The molecule has 0 aliphatic heterocycles. The summed E-state index contributed by atoms with van der Waals surface area (Å²) in [6, 6.07) is 3.57. The molecule has 0 radical (unpaired) electrons. The van der Waals surface area contributed by atoms with Crippen LogP contribution in [0.1, 0.15) is 22.8 Å². The van der Waals surface area contributed by atoms with Gasteiger partial charge in [-0.15, -0.1) is 0 Å². The number of hydrogen-bond acceptors (Lipinski definition) is 2. The van der Waals surface area contributed by atoms with Gasteiger partial charge in [-0.3, -0.25) is 4.79 Å². The van der Waals surface area contributed by atoms with E-state index in [0.29, 0.717) is 16.3 Å². The number of rotatable bonds is 2. The second kappa shape index (κ2) is 3.79. The average molecular weight is 199 g/mol. The van der Waals surface area contributed by atoms with Crippen LogP contribution in [0.4, 0.5) is 0 Å². The number of carbonyl (C=O) groups excluding carboxylic acids is 1. The summed E-state index contributed by atoms with van der Waals surface area (Å²) >= 11 is 5.96. The second-order valence-electron chi connectivity index (χ2n) is 2.83. The van der Waals surface area contributed by atoms with Crippen molar-refractivity contribution in [2.24, 2.45) is 0 Å². The van der Waals surface area contributed by atoms with Gasteiger partial charge >= 0.3 is 0 Å². The second-order valence-corrected chi connectivity index (χ2v) is 3.21. The van der Waals surface area contributed by atoms with Crippen LogP contribution in [0.3, 0.4) is 0 Å². The van der Waals surface area contributed by atoms with E-state index in [1.807, 2.05) is 13.0 Å². The van der Waals surface area contributed by atoms with Crippen molar-refractivity contribution in [3.05, 3.63) is 28.3 Å². The van der Waals surface area contributed by atoms with Crippen LogP contribution >= 0.6 is 11.6 Å². The molecule has 13 heavy (non-hydrogen) atoms. The summed E-state index contributed by atoms with van der Waals surface area (Å²) in [6.45, 7) is 3.34. The van der Waals surface area contributed by atoms with E-state index >= 15 is 0 Å². The predicted octanol–water partition coefficient (Wildman–Crippen LogP) is 2.86. The van der Waals surface area contributed by atoms with E-state index in [1.54, 1.807) is 6.07 Å². The van der Waals surface area contributed by atoms with E-state index in [-0.39, 0.29) is 5.78 Å². The van der Waals surface area contributed by atoms with Crippen LogP contribution in [0.5, 0.6) is 5.75 Å². The third-order valence-corrected chi connectivity index (χ3v) is 2.26. The molecular weight excluding hydrogens is 188 g/mol. The highest BCUT2D eigenvalue weighted by Gasteiger charge is 2.12. The summed E-state index contributed by atoms with van der Waals surface area (Å²) in [4.78, 5) is 11.2. The molecule has 0 spiro atoms. The van der Waals surface area contributed by atoms with Crippen molar-refractivity contribution in [1.29, 1.82) is 0 Å². The van der Waals surface area contributed by atoms with Gasteiger partial charge in [0, 0.05) is 5.56 Å². The highest BCUT2D eigenvalue weighted by molar-refractivity contribution is 6.35. The van der Waals surface area contributed by atoms with Gasteiger partial charge in [-0.25, -0.2) is 0 Å². The van der Waals surface area contributed by atoms with Crippen molar-refractivity contribution < 1.29 is 9.53 Å². The molecule has 0 unspecified atom stereocenters. The van der Waals surface area contributed by atoms with Gasteiger partial charge in [0.2, 0.25) is 0 Å². The first-order chi connectivity index (χ1) is 6.07. The molecule has 0 bridgehead atoms. The summed E-state index contributed by atoms with van der Waals surface area (Å²) < 4.78 is 5.01. The van der Waals surface area contributed by atoms with Crippen LogP contribution in [0, 0.1) is 6.92 Å². The SMILES string of the molecule is COc1ccc(C)c(C(C)=O)c1Cl. The zero-order valence-electron chi connectivity index (χ0n) is 7.85. The molecule has 0 atom stereocenters. The topological polar surface area (TPSA) is 26.3 Å². The largest absolute Gasteiger partial charge is 0.495 e. The van der Waals surface area contributed by atoms with E-state index in [4.69, 9.17) is 16.3 Å². The number of halogens is 1. The fourth-order valence-corrected chi connectivity index (χ4v) is 1.67. The zero-order chi connectivity index (χ0) is 10.0. The molecule has 0 saturated carbocycles. The molecule has 70 valence electrons. The Labute approximate surface area is 82.5 Å². The van der Waals surface area contributed by atoms with E-state index in [9.17, 15) is 4.79 Å². The number of carbonyl (C=O) groups is 1. The quantitative estimate of drug-likeness (QED) is 0.684. The lowest BCUT2D eigenvalue weighted by atomic mass is 10.1. The number of ketones is 1. The standard InChI is InChI=1S/C10H11ClO2/c1-6-4-5-8(13-3)10(11)9(6)7(2)12/h4-5H,1-3H3. The Morgan fingerprint density at radius 2 is 2.08 bits per heavy atom. The van der Waals surface area contributed by atoms with Crippen molar-refractivity contribution >= 4 is 17.4 Å². The van der Waals surface area contributed by atoms with Gasteiger partial charge in [0.25, 0.3) is 0 Å². The number of benzene rings is 1. The van der Waals surface area contributed by atoms with Crippen LogP contribution in [-0.4, -0.2) is 12.9 Å². The van der Waals surface area contributed by atoms with Crippen LogP contribution in [0.2, 0.25) is 5.02 Å². The Bertz CT molecular complexity index is 345. The van der Waals surface area contributed by atoms with Crippen LogP contribution < -0.4 is 4.74 Å². The van der Waals surface area contributed by atoms with E-state index in [0.717, 1.165) is 5.56 Å². The minimum Gasteiger partial charge on any atom is -0.495 e. The van der Waals surface area contributed by atoms with Gasteiger partial charge in [0.05, 0.1) is 12.1 Å². The fourth-order valence-electron chi connectivity index (χ4n) is 1.24. The van der Waals surface area contributed by atoms with Gasteiger partial charge in [-0.2, -0.15) is 0 Å². The summed E-state index contributed by atoms with van der Waals surface area (Å²) in [5.74, 6) is 0.499. The first-order valence-electron chi connectivity index (χ1n) is 3.92. The summed E-state index contributed by atoms with van der Waals surface area (Å²) in [7, 11) is 1.53. The van der Waals surface area contributed by atoms with Gasteiger partial charge in [-0.05, 0) is 25.5 Å². The van der Waals surface area contributed by atoms with Crippen LogP contribution in [0.25, 0.3) is 0 Å². The molecule has 0 aromatic heterocycles. The Hall–Kier alpha value is -1.02. The van der Waals surface area contributed by atoms with Crippen molar-refractivity contribution in [2.45, 2.75) is 13.8 Å². The first kappa shape index (κ1) is 10.1. The lowest BCUT2D eigenvalue weighted by molar-refractivity contribution is 0.101. The van der Waals surface area contributed by atoms with Crippen LogP contribution in [-0.2, 0) is 0 Å². The Morgan fingerprint density at radius 3 is 2.54 bits per heavy atom. The first-order valence-corrected chi connectivity index (χ1v) is 4.29. The molecule has 0 N–H and O–H groups in total. The molecule has 1 rings (SSSR count). The maximum Gasteiger partial charge on any atom is 0.161 e. The molecule has 1 aromatic rings. The van der Waals surface area contributed by atoms with Gasteiger partial charge in [0.15, 0.2) is 5.78 Å². The van der Waals surface area contributed by atoms with Crippen molar-refractivity contribution in [3.8, 4) is 5.75 Å². The molecule has 0 aliphatic rings. The predicted molar refractivity (Wildman–Crippen MR) is 52.7 cm³/mol. The summed E-state index contributed by atoms with van der Waals surface area (Å²) in [5, 5.41) is 0.398. The molecule has 0 heterocycles. The smallest absolute Gasteiger partial charge is 0.161 e. The fraction of sp³-hybridized carbons (Fsp3) is 0.300. The molecule has 0 fully saturated rings. The van der Waals surface area contributed by atoms with E-state index < -0.39 is 0 Å². The number of aryl methyl sites for hydroxylation is 1. The van der Waals surface area contributed by atoms with Gasteiger partial charge < -0.3 is 4.74 Å². The zero-order valence-corrected chi connectivity index (χ0v) is 8.61. The monoisotopic (exact) mass is 198 g/mol. The van der Waals surface area contributed by atoms with Crippen LogP contribution in [0.15, 0.2) is 12.1 Å². The molecule has 0 aliphatic carbocycles. The van der Waals surface area contributed by atoms with Gasteiger partial charge in [-0.1, -0.05) is 17.7 Å². The Morgan fingerprint density at radius 1 is 1.46 bits per heavy atom. The molecule has 1 aromatic carbocycles. The Balaban J connectivity index is 3.38. The van der Waals surface area contributed by atoms with Crippen molar-refractivity contribution in [2.75, 3.05) is 7.11 Å². The Kier molecular flexibility index (Phi) is 2.94. The molecular formula is C10H11ClO2. The molecule has 2 nitrogen and oxygen atoms in total.